The Hall–Kier alpha value is -2.76. The second kappa shape index (κ2) is 4.73. The number of carbonyl (C=O) groups excluding carboxylic acids is 1. The third-order valence-corrected chi connectivity index (χ3v) is 2.83. The van der Waals surface area contributed by atoms with Crippen LogP contribution < -0.4 is 5.32 Å². The molecule has 0 radical (unpaired) electrons. The summed E-state index contributed by atoms with van der Waals surface area (Å²) in [6, 6.07) is 6.11. The molecule has 0 unspecified atom stereocenters. The number of amides is 1. The summed E-state index contributed by atoms with van der Waals surface area (Å²) < 4.78 is 28.2. The second-order valence-corrected chi connectivity index (χ2v) is 4.19. The first-order chi connectivity index (χ1) is 9.63. The number of carbonyl (C=O) groups is 1. The Balaban J connectivity index is 1.90. The van der Waals surface area contributed by atoms with Crippen LogP contribution >= 0.6 is 0 Å². The second-order valence-electron chi connectivity index (χ2n) is 4.19. The summed E-state index contributed by atoms with van der Waals surface area (Å²) in [4.78, 5) is 16.1. The molecule has 0 bridgehead atoms. The highest BCUT2D eigenvalue weighted by molar-refractivity contribution is 6.04. The maximum absolute atomic E-state index is 13.5. The van der Waals surface area contributed by atoms with Gasteiger partial charge in [-0.25, -0.2) is 13.8 Å². The minimum Gasteiger partial charge on any atom is -0.319 e. The number of pyridine rings is 1. The summed E-state index contributed by atoms with van der Waals surface area (Å²) in [6.07, 6.45) is 4.85. The molecule has 0 spiro atoms. The number of rotatable bonds is 2. The van der Waals surface area contributed by atoms with Crippen molar-refractivity contribution in [1.29, 1.82) is 0 Å². The van der Waals surface area contributed by atoms with Gasteiger partial charge in [0, 0.05) is 24.7 Å². The van der Waals surface area contributed by atoms with E-state index in [-0.39, 0.29) is 5.69 Å². The normalized spacial score (nSPS) is 10.7. The van der Waals surface area contributed by atoms with E-state index >= 15 is 0 Å². The largest absolute Gasteiger partial charge is 0.319 e. The molecule has 6 heteroatoms. The van der Waals surface area contributed by atoms with E-state index in [0.29, 0.717) is 11.2 Å². The van der Waals surface area contributed by atoms with Crippen LogP contribution in [-0.4, -0.2) is 15.3 Å². The Bertz CT molecular complexity index is 798. The zero-order valence-electron chi connectivity index (χ0n) is 10.2. The van der Waals surface area contributed by atoms with Gasteiger partial charge < -0.3 is 9.72 Å². The molecule has 1 aromatic carbocycles. The van der Waals surface area contributed by atoms with Crippen LogP contribution in [0, 0.1) is 11.6 Å². The number of halogens is 2. The molecule has 1 amide bonds. The summed E-state index contributed by atoms with van der Waals surface area (Å²) in [6.45, 7) is 0. The fraction of sp³-hybridized carbons (Fsp3) is 0. The molecular formula is C14H9F2N3O. The average molecular weight is 273 g/mol. The lowest BCUT2D eigenvalue weighted by Crippen LogP contribution is -2.13. The maximum Gasteiger partial charge on any atom is 0.257 e. The third-order valence-electron chi connectivity index (χ3n) is 2.83. The summed E-state index contributed by atoms with van der Waals surface area (Å²) in [5.74, 6) is -1.83. The molecule has 20 heavy (non-hydrogen) atoms. The van der Waals surface area contributed by atoms with Crippen molar-refractivity contribution in [2.45, 2.75) is 0 Å². The van der Waals surface area contributed by atoms with Crippen molar-refractivity contribution >= 4 is 17.2 Å². The topological polar surface area (TPSA) is 46.4 Å². The van der Waals surface area contributed by atoms with Crippen molar-refractivity contribution < 1.29 is 13.6 Å². The minimum absolute atomic E-state index is 0.194. The average Bonchev–Trinajstić information content (AvgIpc) is 2.90. The highest BCUT2D eigenvalue weighted by atomic mass is 19.1. The molecule has 0 fully saturated rings. The van der Waals surface area contributed by atoms with E-state index in [9.17, 15) is 13.6 Å². The number of anilines is 1. The van der Waals surface area contributed by atoms with Crippen LogP contribution in [0.2, 0.25) is 0 Å². The number of nitrogens with one attached hydrogen (secondary N) is 1. The quantitative estimate of drug-likeness (QED) is 0.780. The van der Waals surface area contributed by atoms with Crippen molar-refractivity contribution in [1.82, 2.24) is 9.38 Å². The van der Waals surface area contributed by atoms with Crippen molar-refractivity contribution in [2.75, 3.05) is 5.32 Å². The minimum atomic E-state index is -0.691. The van der Waals surface area contributed by atoms with E-state index in [2.05, 4.69) is 10.3 Å². The van der Waals surface area contributed by atoms with Crippen molar-refractivity contribution in [3.63, 3.8) is 0 Å². The Morgan fingerprint density at radius 1 is 1.20 bits per heavy atom. The van der Waals surface area contributed by atoms with Gasteiger partial charge in [0.05, 0.1) is 11.3 Å². The molecule has 0 aliphatic rings. The molecule has 1 N–H and O–H groups in total. The van der Waals surface area contributed by atoms with Crippen LogP contribution in [0.3, 0.4) is 0 Å². The highest BCUT2D eigenvalue weighted by Gasteiger charge is 2.11. The summed E-state index contributed by atoms with van der Waals surface area (Å²) in [7, 11) is 0. The highest BCUT2D eigenvalue weighted by Crippen LogP contribution is 2.16. The number of benzene rings is 1. The van der Waals surface area contributed by atoms with Gasteiger partial charge >= 0.3 is 0 Å². The molecule has 2 heterocycles. The first kappa shape index (κ1) is 12.3. The maximum atomic E-state index is 13.5. The van der Waals surface area contributed by atoms with E-state index in [4.69, 9.17) is 0 Å². The van der Waals surface area contributed by atoms with Crippen molar-refractivity contribution in [3.8, 4) is 0 Å². The molecule has 2 aromatic heterocycles. The monoisotopic (exact) mass is 273 g/mol. The van der Waals surface area contributed by atoms with Gasteiger partial charge in [0.15, 0.2) is 0 Å². The van der Waals surface area contributed by atoms with Crippen molar-refractivity contribution in [2.24, 2.45) is 0 Å². The molecule has 100 valence electrons. The van der Waals surface area contributed by atoms with Gasteiger partial charge in [-0.15, -0.1) is 0 Å². The molecule has 0 saturated carbocycles. The SMILES string of the molecule is O=C(Nc1cc(F)ccc1F)c1ccc2nccn2c1. The number of hydrogen-bond acceptors (Lipinski definition) is 2. The van der Waals surface area contributed by atoms with Crippen LogP contribution in [0.4, 0.5) is 14.5 Å². The number of imidazole rings is 1. The Kier molecular flexibility index (Phi) is 2.90. The van der Waals surface area contributed by atoms with Crippen LogP contribution in [0.25, 0.3) is 5.65 Å². The van der Waals surface area contributed by atoms with Gasteiger partial charge in [-0.05, 0) is 24.3 Å². The van der Waals surface area contributed by atoms with Crippen LogP contribution in [-0.2, 0) is 0 Å². The zero-order valence-corrected chi connectivity index (χ0v) is 10.2. The van der Waals surface area contributed by atoms with E-state index in [0.717, 1.165) is 18.2 Å². The molecule has 4 nitrogen and oxygen atoms in total. The first-order valence-corrected chi connectivity index (χ1v) is 5.82. The molecule has 0 atom stereocenters. The first-order valence-electron chi connectivity index (χ1n) is 5.82. The van der Waals surface area contributed by atoms with Crippen molar-refractivity contribution in [3.05, 3.63) is 66.1 Å². The Morgan fingerprint density at radius 2 is 2.05 bits per heavy atom. The van der Waals surface area contributed by atoms with Gasteiger partial charge in [0.2, 0.25) is 0 Å². The third kappa shape index (κ3) is 2.23. The fourth-order valence-corrected chi connectivity index (χ4v) is 1.84. The lowest BCUT2D eigenvalue weighted by molar-refractivity contribution is 0.102. The van der Waals surface area contributed by atoms with E-state index in [1.807, 2.05) is 0 Å². The summed E-state index contributed by atoms with van der Waals surface area (Å²) >= 11 is 0. The number of nitrogens with zero attached hydrogens (tertiary/aromatic N) is 2. The predicted octanol–water partition coefficient (Wildman–Crippen LogP) is 2.86. The van der Waals surface area contributed by atoms with Gasteiger partial charge in [0.1, 0.15) is 17.3 Å². The van der Waals surface area contributed by atoms with Crippen LogP contribution in [0.1, 0.15) is 10.4 Å². The molecule has 3 rings (SSSR count). The number of aromatic nitrogens is 2. The number of fused-ring (bicyclic) bond motifs is 1. The summed E-state index contributed by atoms with van der Waals surface area (Å²) in [5, 5.41) is 2.34. The van der Waals surface area contributed by atoms with Crippen LogP contribution in [0.5, 0.6) is 0 Å². The standard InChI is InChI=1S/C14H9F2N3O/c15-10-2-3-11(16)12(7-10)18-14(20)9-1-4-13-17-5-6-19(13)8-9/h1-8H,(H,18,20). The van der Waals surface area contributed by atoms with Gasteiger partial charge in [-0.3, -0.25) is 4.79 Å². The molecule has 0 saturated heterocycles. The van der Waals surface area contributed by atoms with E-state index in [1.54, 1.807) is 35.1 Å². The summed E-state index contributed by atoms with van der Waals surface area (Å²) in [5.41, 5.74) is 0.818. The molecule has 0 aliphatic heterocycles. The molecule has 0 aliphatic carbocycles. The smallest absolute Gasteiger partial charge is 0.257 e. The Labute approximate surface area is 112 Å². The lowest BCUT2D eigenvalue weighted by atomic mass is 10.2. The van der Waals surface area contributed by atoms with Gasteiger partial charge in [-0.1, -0.05) is 0 Å². The lowest BCUT2D eigenvalue weighted by Gasteiger charge is -2.07. The zero-order chi connectivity index (χ0) is 14.1. The Morgan fingerprint density at radius 3 is 2.90 bits per heavy atom. The molecule has 3 aromatic rings. The van der Waals surface area contributed by atoms with Gasteiger partial charge in [-0.2, -0.15) is 0 Å². The van der Waals surface area contributed by atoms with Gasteiger partial charge in [0.25, 0.3) is 5.91 Å². The fourth-order valence-electron chi connectivity index (χ4n) is 1.84. The van der Waals surface area contributed by atoms with E-state index < -0.39 is 17.5 Å². The van der Waals surface area contributed by atoms with Crippen LogP contribution in [0.15, 0.2) is 48.9 Å². The van der Waals surface area contributed by atoms with E-state index in [1.165, 1.54) is 0 Å². The number of hydrogen-bond donors (Lipinski definition) is 1. The predicted molar refractivity (Wildman–Crippen MR) is 69.5 cm³/mol. The molecular weight excluding hydrogens is 264 g/mol.